The lowest BCUT2D eigenvalue weighted by Gasteiger charge is -2.12. The second kappa shape index (κ2) is 6.15. The predicted molar refractivity (Wildman–Crippen MR) is 79.6 cm³/mol. The number of alkyl halides is 3. The summed E-state index contributed by atoms with van der Waals surface area (Å²) in [4.78, 5) is 0. The molecule has 0 bridgehead atoms. The Morgan fingerprint density at radius 1 is 1.14 bits per heavy atom. The first-order valence-electron chi connectivity index (χ1n) is 5.85. The first-order chi connectivity index (χ1) is 9.77. The number of anilines is 1. The van der Waals surface area contributed by atoms with E-state index in [1.54, 1.807) is 12.1 Å². The smallest absolute Gasteiger partial charge is 0.416 e. The van der Waals surface area contributed by atoms with Crippen LogP contribution in [0.1, 0.15) is 11.1 Å². The maximum absolute atomic E-state index is 12.5. The van der Waals surface area contributed by atoms with Gasteiger partial charge in [0, 0.05) is 16.6 Å². The van der Waals surface area contributed by atoms with Crippen molar-refractivity contribution < 1.29 is 18.3 Å². The van der Waals surface area contributed by atoms with Crippen molar-refractivity contribution in [1.29, 1.82) is 0 Å². The van der Waals surface area contributed by atoms with Crippen LogP contribution in [0.3, 0.4) is 0 Å². The predicted octanol–water partition coefficient (Wildman–Crippen LogP) is 5.44. The van der Waals surface area contributed by atoms with Gasteiger partial charge in [-0.2, -0.15) is 13.2 Å². The zero-order chi connectivity index (χ0) is 15.6. The van der Waals surface area contributed by atoms with E-state index in [1.807, 2.05) is 0 Å². The highest BCUT2D eigenvalue weighted by Crippen LogP contribution is 2.34. The van der Waals surface area contributed by atoms with E-state index in [2.05, 4.69) is 21.2 Å². The Hall–Kier alpha value is -1.40. The van der Waals surface area contributed by atoms with Gasteiger partial charge in [0.1, 0.15) is 5.75 Å². The molecule has 0 aromatic heterocycles. The summed E-state index contributed by atoms with van der Waals surface area (Å²) < 4.78 is 38.4. The van der Waals surface area contributed by atoms with Gasteiger partial charge in [-0.05, 0) is 36.4 Å². The van der Waals surface area contributed by atoms with Crippen LogP contribution < -0.4 is 5.32 Å². The zero-order valence-corrected chi connectivity index (χ0v) is 12.9. The molecular weight excluding hydrogens is 371 g/mol. The van der Waals surface area contributed by atoms with E-state index in [4.69, 9.17) is 11.6 Å². The van der Waals surface area contributed by atoms with Gasteiger partial charge < -0.3 is 10.4 Å². The third kappa shape index (κ3) is 4.04. The van der Waals surface area contributed by atoms with Crippen LogP contribution in [0.15, 0.2) is 40.9 Å². The van der Waals surface area contributed by atoms with Crippen LogP contribution in [-0.2, 0) is 12.7 Å². The molecule has 0 spiro atoms. The Morgan fingerprint density at radius 2 is 1.86 bits per heavy atom. The minimum Gasteiger partial charge on any atom is -0.508 e. The summed E-state index contributed by atoms with van der Waals surface area (Å²) in [6.07, 6.45) is -4.43. The van der Waals surface area contributed by atoms with Crippen molar-refractivity contribution in [2.24, 2.45) is 0 Å². The average molecular weight is 381 g/mol. The Balaban J connectivity index is 2.15. The number of hydrogen-bond acceptors (Lipinski definition) is 2. The summed E-state index contributed by atoms with van der Waals surface area (Å²) in [5, 5.41) is 12.6. The Bertz CT molecular complexity index is 661. The van der Waals surface area contributed by atoms with Gasteiger partial charge in [-0.3, -0.25) is 0 Å². The minimum absolute atomic E-state index is 0.0284. The summed E-state index contributed by atoms with van der Waals surface area (Å²) in [7, 11) is 0. The van der Waals surface area contributed by atoms with E-state index in [0.717, 1.165) is 16.6 Å². The van der Waals surface area contributed by atoms with Gasteiger partial charge in [0.25, 0.3) is 0 Å². The first kappa shape index (κ1) is 16.0. The van der Waals surface area contributed by atoms with Gasteiger partial charge in [0.2, 0.25) is 0 Å². The molecule has 112 valence electrons. The molecule has 0 aliphatic rings. The number of hydrogen-bond donors (Lipinski definition) is 2. The average Bonchev–Trinajstić information content (AvgIpc) is 2.40. The molecule has 0 fully saturated rings. The van der Waals surface area contributed by atoms with E-state index in [1.165, 1.54) is 12.1 Å². The molecule has 2 nitrogen and oxygen atoms in total. The van der Waals surface area contributed by atoms with Gasteiger partial charge in [0.05, 0.1) is 16.3 Å². The summed E-state index contributed by atoms with van der Waals surface area (Å²) >= 11 is 9.12. The molecule has 0 atom stereocenters. The SMILES string of the molecule is Oc1ccc(Br)cc1CNc1ccc(C(F)(F)F)cc1Cl. The van der Waals surface area contributed by atoms with E-state index in [9.17, 15) is 18.3 Å². The second-order valence-corrected chi connectivity index (χ2v) is 5.64. The lowest BCUT2D eigenvalue weighted by molar-refractivity contribution is -0.137. The normalized spacial score (nSPS) is 11.5. The monoisotopic (exact) mass is 379 g/mol. The minimum atomic E-state index is -4.43. The van der Waals surface area contributed by atoms with Crippen LogP contribution in [0, 0.1) is 0 Å². The second-order valence-electron chi connectivity index (χ2n) is 4.32. The van der Waals surface area contributed by atoms with E-state index < -0.39 is 11.7 Å². The van der Waals surface area contributed by atoms with Crippen LogP contribution in [0.2, 0.25) is 5.02 Å². The maximum Gasteiger partial charge on any atom is 0.416 e. The fourth-order valence-electron chi connectivity index (χ4n) is 1.72. The molecule has 0 saturated carbocycles. The molecule has 2 aromatic rings. The highest BCUT2D eigenvalue weighted by atomic mass is 79.9. The number of halogens is 5. The number of aromatic hydroxyl groups is 1. The van der Waals surface area contributed by atoms with Crippen LogP contribution in [0.4, 0.5) is 18.9 Å². The Labute approximate surface area is 132 Å². The van der Waals surface area contributed by atoms with Crippen LogP contribution >= 0.6 is 27.5 Å². The highest BCUT2D eigenvalue weighted by Gasteiger charge is 2.30. The molecule has 0 radical (unpaired) electrons. The summed E-state index contributed by atoms with van der Waals surface area (Å²) in [6.45, 7) is 0.232. The lowest BCUT2D eigenvalue weighted by atomic mass is 10.1. The summed E-state index contributed by atoms with van der Waals surface area (Å²) in [6, 6.07) is 8.00. The number of nitrogens with one attached hydrogen (secondary N) is 1. The number of rotatable bonds is 3. The molecule has 2 aromatic carbocycles. The largest absolute Gasteiger partial charge is 0.508 e. The van der Waals surface area contributed by atoms with E-state index >= 15 is 0 Å². The number of benzene rings is 2. The van der Waals surface area contributed by atoms with Crippen molar-refractivity contribution in [1.82, 2.24) is 0 Å². The molecule has 0 amide bonds. The Morgan fingerprint density at radius 3 is 2.48 bits per heavy atom. The fraction of sp³-hybridized carbons (Fsp3) is 0.143. The molecule has 0 unspecified atom stereocenters. The van der Waals surface area contributed by atoms with Crippen molar-refractivity contribution in [3.05, 3.63) is 57.0 Å². The lowest BCUT2D eigenvalue weighted by Crippen LogP contribution is -2.06. The quantitative estimate of drug-likeness (QED) is 0.743. The molecule has 7 heteroatoms. The standard InChI is InChI=1S/C14H10BrClF3NO/c15-10-2-4-13(21)8(5-10)7-20-12-3-1-9(6-11(12)16)14(17,18)19/h1-6,20-21H,7H2. The fourth-order valence-corrected chi connectivity index (χ4v) is 2.38. The van der Waals surface area contributed by atoms with Gasteiger partial charge >= 0.3 is 6.18 Å². The third-order valence-electron chi connectivity index (χ3n) is 2.81. The van der Waals surface area contributed by atoms with Gasteiger partial charge in [-0.25, -0.2) is 0 Å². The maximum atomic E-state index is 12.5. The zero-order valence-electron chi connectivity index (χ0n) is 10.5. The third-order valence-corrected chi connectivity index (χ3v) is 3.61. The van der Waals surface area contributed by atoms with Crippen LogP contribution in [0.25, 0.3) is 0 Å². The van der Waals surface area contributed by atoms with Crippen LogP contribution in [-0.4, -0.2) is 5.11 Å². The van der Waals surface area contributed by atoms with Gasteiger partial charge in [0.15, 0.2) is 0 Å². The molecule has 0 aliphatic heterocycles. The molecular formula is C14H10BrClF3NO. The van der Waals surface area contributed by atoms with Crippen molar-refractivity contribution >= 4 is 33.2 Å². The summed E-state index contributed by atoms with van der Waals surface area (Å²) in [5.74, 6) is 0.0914. The van der Waals surface area contributed by atoms with E-state index in [-0.39, 0.29) is 17.3 Å². The van der Waals surface area contributed by atoms with Crippen molar-refractivity contribution in [3.63, 3.8) is 0 Å². The molecule has 2 N–H and O–H groups in total. The summed E-state index contributed by atoms with van der Waals surface area (Å²) in [5.41, 5.74) is 0.160. The van der Waals surface area contributed by atoms with E-state index in [0.29, 0.717) is 11.3 Å². The number of phenolic OH excluding ortho intramolecular Hbond substituents is 1. The van der Waals surface area contributed by atoms with Crippen molar-refractivity contribution in [3.8, 4) is 5.75 Å². The number of phenols is 1. The molecule has 2 rings (SSSR count). The highest BCUT2D eigenvalue weighted by molar-refractivity contribution is 9.10. The van der Waals surface area contributed by atoms with Crippen molar-refractivity contribution in [2.75, 3.05) is 5.32 Å². The van der Waals surface area contributed by atoms with Gasteiger partial charge in [-0.15, -0.1) is 0 Å². The first-order valence-corrected chi connectivity index (χ1v) is 7.02. The molecule has 0 heterocycles. The molecule has 0 saturated heterocycles. The van der Waals surface area contributed by atoms with Gasteiger partial charge in [-0.1, -0.05) is 27.5 Å². The Kier molecular flexibility index (Phi) is 4.68. The van der Waals surface area contributed by atoms with Crippen molar-refractivity contribution in [2.45, 2.75) is 12.7 Å². The molecule has 0 aliphatic carbocycles. The topological polar surface area (TPSA) is 32.3 Å². The van der Waals surface area contributed by atoms with Crippen LogP contribution in [0.5, 0.6) is 5.75 Å². The molecule has 21 heavy (non-hydrogen) atoms.